The Bertz CT molecular complexity index is 909. The fraction of sp³-hybridized carbons (Fsp3) is 0.462. The number of hydrogen-bond donors (Lipinski definition) is 3. The van der Waals surface area contributed by atoms with Crippen molar-refractivity contribution >= 4 is 62.5 Å². The minimum Gasteiger partial charge on any atom is -0.731 e. The predicted molar refractivity (Wildman–Crippen MR) is 103 cm³/mol. The van der Waals surface area contributed by atoms with Crippen LogP contribution in [-0.4, -0.2) is 69.9 Å². The number of nitrogens with zero attached hydrogens (tertiary/aromatic N) is 3. The van der Waals surface area contributed by atoms with Crippen molar-refractivity contribution in [2.24, 2.45) is 5.16 Å². The van der Waals surface area contributed by atoms with Gasteiger partial charge < -0.3 is 25.8 Å². The molecule has 0 radical (unpaired) electrons. The minimum atomic E-state index is -5.04. The SMILES string of the molecule is CC(=O)NCCSC1C(NC(=O)/C=N/OCc2csc(N)n2)C(=O)N1S(=O)(=O)[O-].[Na+]. The molecule has 2 unspecified atom stereocenters. The third-order valence-electron chi connectivity index (χ3n) is 3.33. The van der Waals surface area contributed by atoms with Crippen molar-refractivity contribution in [1.29, 1.82) is 0 Å². The Labute approximate surface area is 202 Å². The largest absolute Gasteiger partial charge is 1.00 e. The Morgan fingerprint density at radius 3 is 2.80 bits per heavy atom. The van der Waals surface area contributed by atoms with Gasteiger partial charge in [0, 0.05) is 24.6 Å². The summed E-state index contributed by atoms with van der Waals surface area (Å²) in [6, 6.07) is -1.24. The van der Waals surface area contributed by atoms with Crippen LogP contribution in [-0.2, 0) is 36.1 Å². The molecule has 1 fully saturated rings. The summed E-state index contributed by atoms with van der Waals surface area (Å²) in [5, 5.41) is 9.06. The zero-order chi connectivity index (χ0) is 21.6. The molecule has 0 saturated carbocycles. The number of thioether (sulfide) groups is 1. The molecule has 1 aromatic heterocycles. The van der Waals surface area contributed by atoms with Crippen LogP contribution in [0.2, 0.25) is 0 Å². The van der Waals surface area contributed by atoms with Crippen molar-refractivity contribution in [2.75, 3.05) is 18.0 Å². The number of rotatable bonds is 10. The molecule has 13 nitrogen and oxygen atoms in total. The minimum absolute atomic E-state index is 0. The quantitative estimate of drug-likeness (QED) is 0.0718. The molecule has 0 bridgehead atoms. The molecule has 1 aliphatic rings. The number of β-lactam (4-membered cyclic amide) rings is 1. The van der Waals surface area contributed by atoms with Crippen LogP contribution in [0.1, 0.15) is 12.6 Å². The maximum absolute atomic E-state index is 12.0. The summed E-state index contributed by atoms with van der Waals surface area (Å²) < 4.78 is 33.9. The molecule has 2 atom stereocenters. The first-order valence-corrected chi connectivity index (χ1v) is 11.2. The Kier molecular flexibility index (Phi) is 10.5. The van der Waals surface area contributed by atoms with Crippen LogP contribution >= 0.6 is 23.1 Å². The van der Waals surface area contributed by atoms with Crippen LogP contribution in [0.15, 0.2) is 10.5 Å². The normalized spacial score (nSPS) is 18.5. The molecule has 1 aromatic rings. The van der Waals surface area contributed by atoms with E-state index in [0.717, 1.165) is 18.0 Å². The van der Waals surface area contributed by atoms with Crippen molar-refractivity contribution in [3.05, 3.63) is 11.1 Å². The predicted octanol–water partition coefficient (Wildman–Crippen LogP) is -4.79. The number of thiazole rings is 1. The third-order valence-corrected chi connectivity index (χ3v) is 6.34. The van der Waals surface area contributed by atoms with E-state index in [1.165, 1.54) is 18.3 Å². The van der Waals surface area contributed by atoms with Gasteiger partial charge in [-0.1, -0.05) is 5.16 Å². The maximum atomic E-state index is 12.0. The van der Waals surface area contributed by atoms with Gasteiger partial charge in [0.25, 0.3) is 11.8 Å². The zero-order valence-corrected chi connectivity index (χ0v) is 20.4. The van der Waals surface area contributed by atoms with Crippen LogP contribution in [0.3, 0.4) is 0 Å². The number of anilines is 1. The number of nitrogens with one attached hydrogen (secondary N) is 2. The Morgan fingerprint density at radius 1 is 1.53 bits per heavy atom. The van der Waals surface area contributed by atoms with Gasteiger partial charge in [-0.25, -0.2) is 17.7 Å². The second kappa shape index (κ2) is 11.8. The molecule has 4 N–H and O–H groups in total. The first kappa shape index (κ1) is 26.6. The zero-order valence-electron chi connectivity index (χ0n) is 15.9. The van der Waals surface area contributed by atoms with Crippen LogP contribution in [0.5, 0.6) is 0 Å². The Morgan fingerprint density at radius 2 is 2.23 bits per heavy atom. The molecule has 1 saturated heterocycles. The number of nitrogen functional groups attached to an aromatic ring is 1. The van der Waals surface area contributed by atoms with Crippen molar-refractivity contribution in [1.82, 2.24) is 19.9 Å². The first-order valence-electron chi connectivity index (χ1n) is 7.90. The van der Waals surface area contributed by atoms with E-state index in [2.05, 4.69) is 20.8 Å². The molecule has 160 valence electrons. The smallest absolute Gasteiger partial charge is 0.731 e. The fourth-order valence-electron chi connectivity index (χ4n) is 2.15. The molecule has 3 amide bonds. The van der Waals surface area contributed by atoms with Crippen molar-refractivity contribution in [3.8, 4) is 0 Å². The molecule has 1 aliphatic heterocycles. The summed E-state index contributed by atoms with van der Waals surface area (Å²) in [6.45, 7) is 1.47. The standard InChI is InChI=1S/C13H18N6O7S3.Na/c1-7(20)15-2-3-27-12-10(11(22)19(12)29(23,24)25)18-9(21)4-16-26-5-8-6-28-13(14)17-8;/h4,6,10,12H,2-3,5H2,1H3,(H2,14,17)(H,15,20)(H,18,21)(H,23,24,25);/q;+1/p-1/b16-4+;. The molecule has 2 heterocycles. The topological polar surface area (TPSA) is 196 Å². The van der Waals surface area contributed by atoms with Gasteiger partial charge in [-0.3, -0.25) is 14.4 Å². The van der Waals surface area contributed by atoms with E-state index < -0.39 is 33.5 Å². The van der Waals surface area contributed by atoms with Gasteiger partial charge in [-0.05, 0) is 0 Å². The number of carbonyl (C=O) groups excluding carboxylic acids is 3. The van der Waals surface area contributed by atoms with Crippen molar-refractivity contribution in [2.45, 2.75) is 24.9 Å². The molecule has 30 heavy (non-hydrogen) atoms. The monoisotopic (exact) mass is 488 g/mol. The number of carbonyl (C=O) groups is 3. The number of aromatic nitrogens is 1. The average molecular weight is 489 g/mol. The first-order chi connectivity index (χ1) is 13.6. The van der Waals surface area contributed by atoms with Crippen molar-refractivity contribution in [3.63, 3.8) is 0 Å². The summed E-state index contributed by atoms with van der Waals surface area (Å²) in [7, 11) is -5.04. The van der Waals surface area contributed by atoms with Gasteiger partial charge in [0.05, 0.1) is 5.69 Å². The van der Waals surface area contributed by atoms with Gasteiger partial charge in [-0.15, -0.1) is 23.1 Å². The van der Waals surface area contributed by atoms with Crippen LogP contribution < -0.4 is 45.9 Å². The van der Waals surface area contributed by atoms with Gasteiger partial charge in [0.2, 0.25) is 5.91 Å². The van der Waals surface area contributed by atoms with Crippen LogP contribution in [0, 0.1) is 0 Å². The molecular weight excluding hydrogens is 471 g/mol. The summed E-state index contributed by atoms with van der Waals surface area (Å²) in [5.74, 6) is -1.96. The molecule has 17 heteroatoms. The van der Waals surface area contributed by atoms with Gasteiger partial charge in [0.1, 0.15) is 17.6 Å². The van der Waals surface area contributed by atoms with E-state index in [-0.39, 0.29) is 58.7 Å². The third kappa shape index (κ3) is 7.68. The summed E-state index contributed by atoms with van der Waals surface area (Å²) >= 11 is 2.14. The van der Waals surface area contributed by atoms with Gasteiger partial charge in [-0.2, -0.15) is 0 Å². The number of hydrogen-bond acceptors (Lipinski definition) is 12. The fourth-order valence-corrected chi connectivity index (χ4v) is 4.98. The maximum Gasteiger partial charge on any atom is 1.00 e. The van der Waals surface area contributed by atoms with E-state index in [0.29, 0.717) is 10.8 Å². The number of amides is 3. The Balaban J connectivity index is 0.00000450. The Hall–Kier alpha value is -1.43. The van der Waals surface area contributed by atoms with E-state index in [1.54, 1.807) is 5.38 Å². The van der Waals surface area contributed by atoms with E-state index in [9.17, 15) is 27.4 Å². The van der Waals surface area contributed by atoms with Crippen LogP contribution in [0.4, 0.5) is 5.13 Å². The van der Waals surface area contributed by atoms with Gasteiger partial charge >= 0.3 is 29.6 Å². The molecular formula is C13H17N6NaO7S3. The van der Waals surface area contributed by atoms with E-state index in [4.69, 9.17) is 10.6 Å². The van der Waals surface area contributed by atoms with Gasteiger partial charge in [0.15, 0.2) is 22.0 Å². The van der Waals surface area contributed by atoms with E-state index >= 15 is 0 Å². The second-order valence-corrected chi connectivity index (χ2v) is 8.87. The van der Waals surface area contributed by atoms with Crippen molar-refractivity contribution < 1.29 is 61.7 Å². The molecule has 0 aliphatic carbocycles. The molecule has 2 rings (SSSR count). The number of oxime groups is 1. The summed E-state index contributed by atoms with van der Waals surface area (Å²) in [5.41, 5.74) is 5.98. The summed E-state index contributed by atoms with van der Waals surface area (Å²) in [4.78, 5) is 43.5. The summed E-state index contributed by atoms with van der Waals surface area (Å²) in [6.07, 6.45) is 0.760. The number of nitrogens with two attached hydrogens (primary N) is 1. The molecule has 0 aromatic carbocycles. The van der Waals surface area contributed by atoms with E-state index in [1.807, 2.05) is 0 Å². The average Bonchev–Trinajstić information content (AvgIpc) is 3.03. The van der Waals surface area contributed by atoms with Crippen LogP contribution in [0.25, 0.3) is 0 Å². The molecule has 0 spiro atoms. The second-order valence-electron chi connectivity index (χ2n) is 5.51.